The summed E-state index contributed by atoms with van der Waals surface area (Å²) >= 11 is 3.44. The number of furan rings is 1. The van der Waals surface area contributed by atoms with Gasteiger partial charge in [0.05, 0.1) is 36.7 Å². The Bertz CT molecular complexity index is 1770. The molecule has 0 fully saturated rings. The summed E-state index contributed by atoms with van der Waals surface area (Å²) in [6, 6.07) is 17.3. The standard InChI is InChI=1S/C27H20BrN3O7/c1-35-20-8-5-9-21-17(20)11-24(38-21)26-30-19-7-4-3-6-16(19)27(34)31(26)29-13-15-10-22(36-2)23(12-18(15)28)37-14-25(32)33/h3-13H,14H2,1-2H3,(H,32,33). The maximum Gasteiger partial charge on any atom is 0.341 e. The highest BCUT2D eigenvalue weighted by Gasteiger charge is 2.18. The van der Waals surface area contributed by atoms with E-state index in [4.69, 9.17) is 23.7 Å². The fraction of sp³-hybridized carbons (Fsp3) is 0.111. The van der Waals surface area contributed by atoms with E-state index in [1.54, 1.807) is 55.6 Å². The van der Waals surface area contributed by atoms with Gasteiger partial charge in [0.25, 0.3) is 5.56 Å². The Morgan fingerprint density at radius 3 is 2.61 bits per heavy atom. The lowest BCUT2D eigenvalue weighted by atomic mass is 10.2. The van der Waals surface area contributed by atoms with Crippen LogP contribution >= 0.6 is 15.9 Å². The zero-order valence-corrected chi connectivity index (χ0v) is 21.8. The molecule has 3 aromatic carbocycles. The van der Waals surface area contributed by atoms with Gasteiger partial charge in [0, 0.05) is 10.0 Å². The van der Waals surface area contributed by atoms with Crippen LogP contribution in [0.25, 0.3) is 33.5 Å². The van der Waals surface area contributed by atoms with Crippen LogP contribution < -0.4 is 19.8 Å². The summed E-state index contributed by atoms with van der Waals surface area (Å²) in [5.74, 6) is 0.570. The molecule has 0 atom stereocenters. The van der Waals surface area contributed by atoms with Crippen molar-refractivity contribution in [1.29, 1.82) is 0 Å². The molecule has 10 nitrogen and oxygen atoms in total. The Hall–Kier alpha value is -4.64. The quantitative estimate of drug-likeness (QED) is 0.257. The molecule has 1 N–H and O–H groups in total. The summed E-state index contributed by atoms with van der Waals surface area (Å²) < 4.78 is 23.8. The van der Waals surface area contributed by atoms with Crippen LogP contribution in [0.5, 0.6) is 17.2 Å². The molecule has 0 aliphatic heterocycles. The number of ether oxygens (including phenoxy) is 3. The van der Waals surface area contributed by atoms with Crippen LogP contribution in [0.3, 0.4) is 0 Å². The topological polar surface area (TPSA) is 125 Å². The molecule has 0 radical (unpaired) electrons. The lowest BCUT2D eigenvalue weighted by Crippen LogP contribution is -2.20. The van der Waals surface area contributed by atoms with E-state index in [0.717, 1.165) is 5.39 Å². The van der Waals surface area contributed by atoms with Gasteiger partial charge in [0.15, 0.2) is 23.9 Å². The van der Waals surface area contributed by atoms with Crippen molar-refractivity contribution in [3.8, 4) is 28.8 Å². The van der Waals surface area contributed by atoms with Gasteiger partial charge in [-0.05, 0) is 58.4 Å². The van der Waals surface area contributed by atoms with E-state index in [9.17, 15) is 9.59 Å². The second-order valence-corrected chi connectivity index (χ2v) is 8.86. The fourth-order valence-corrected chi connectivity index (χ4v) is 4.32. The van der Waals surface area contributed by atoms with Gasteiger partial charge in [0.2, 0.25) is 5.82 Å². The number of benzene rings is 3. The first kappa shape index (κ1) is 25.0. The van der Waals surface area contributed by atoms with Crippen molar-refractivity contribution in [2.24, 2.45) is 5.10 Å². The third kappa shape index (κ3) is 4.71. The van der Waals surface area contributed by atoms with Gasteiger partial charge in [-0.3, -0.25) is 4.79 Å². The molecular weight excluding hydrogens is 558 g/mol. The molecule has 0 aliphatic rings. The summed E-state index contributed by atoms with van der Waals surface area (Å²) in [5, 5.41) is 14.5. The van der Waals surface area contributed by atoms with Crippen LogP contribution in [0.2, 0.25) is 0 Å². The number of nitrogens with zero attached hydrogens (tertiary/aromatic N) is 3. The van der Waals surface area contributed by atoms with E-state index in [-0.39, 0.29) is 11.6 Å². The molecule has 5 aromatic rings. The molecule has 2 heterocycles. The minimum atomic E-state index is -1.12. The Morgan fingerprint density at radius 1 is 1.05 bits per heavy atom. The molecule has 0 aliphatic carbocycles. The molecule has 0 spiro atoms. The Balaban J connectivity index is 1.65. The third-order valence-electron chi connectivity index (χ3n) is 5.66. The van der Waals surface area contributed by atoms with E-state index in [2.05, 4.69) is 26.0 Å². The average molecular weight is 578 g/mol. The molecule has 38 heavy (non-hydrogen) atoms. The third-order valence-corrected chi connectivity index (χ3v) is 6.35. The van der Waals surface area contributed by atoms with E-state index < -0.39 is 18.1 Å². The number of para-hydroxylation sites is 1. The van der Waals surface area contributed by atoms with Gasteiger partial charge in [0.1, 0.15) is 11.3 Å². The van der Waals surface area contributed by atoms with E-state index in [0.29, 0.717) is 43.8 Å². The normalized spacial score (nSPS) is 11.3. The number of carboxylic acid groups (broad SMARTS) is 1. The molecule has 5 rings (SSSR count). The van der Waals surface area contributed by atoms with Crippen molar-refractivity contribution in [1.82, 2.24) is 9.66 Å². The van der Waals surface area contributed by atoms with Crippen LogP contribution in [0.4, 0.5) is 0 Å². The Morgan fingerprint density at radius 2 is 1.84 bits per heavy atom. The minimum Gasteiger partial charge on any atom is -0.496 e. The molecule has 0 amide bonds. The molecule has 0 unspecified atom stereocenters. The number of hydrogen-bond acceptors (Lipinski definition) is 8. The molecule has 11 heteroatoms. The molecular formula is C27H20BrN3O7. The molecule has 0 saturated heterocycles. The number of aliphatic carboxylic acids is 1. The number of fused-ring (bicyclic) bond motifs is 2. The number of hydrogen-bond donors (Lipinski definition) is 1. The summed E-state index contributed by atoms with van der Waals surface area (Å²) in [5.41, 5.74) is 1.22. The molecule has 2 aromatic heterocycles. The highest BCUT2D eigenvalue weighted by molar-refractivity contribution is 9.10. The van der Waals surface area contributed by atoms with Gasteiger partial charge >= 0.3 is 5.97 Å². The van der Waals surface area contributed by atoms with Crippen LogP contribution in [0.1, 0.15) is 5.56 Å². The van der Waals surface area contributed by atoms with Gasteiger partial charge in [-0.15, -0.1) is 0 Å². The van der Waals surface area contributed by atoms with Crippen molar-refractivity contribution in [2.45, 2.75) is 0 Å². The number of carbonyl (C=O) groups is 1. The van der Waals surface area contributed by atoms with Gasteiger partial charge in [-0.2, -0.15) is 9.78 Å². The Kier molecular flexibility index (Phi) is 6.84. The maximum absolute atomic E-state index is 13.5. The summed E-state index contributed by atoms with van der Waals surface area (Å²) in [7, 11) is 3.00. The zero-order chi connectivity index (χ0) is 26.8. The average Bonchev–Trinajstić information content (AvgIpc) is 3.36. The van der Waals surface area contributed by atoms with Gasteiger partial charge < -0.3 is 23.7 Å². The van der Waals surface area contributed by atoms with Crippen molar-refractivity contribution in [2.75, 3.05) is 20.8 Å². The van der Waals surface area contributed by atoms with E-state index in [1.807, 2.05) is 12.1 Å². The number of halogens is 1. The van der Waals surface area contributed by atoms with E-state index >= 15 is 0 Å². The van der Waals surface area contributed by atoms with Crippen molar-refractivity contribution >= 4 is 50.0 Å². The molecule has 0 saturated carbocycles. The van der Waals surface area contributed by atoms with Crippen LogP contribution in [0, 0.1) is 0 Å². The lowest BCUT2D eigenvalue weighted by molar-refractivity contribution is -0.139. The van der Waals surface area contributed by atoms with Gasteiger partial charge in [-0.25, -0.2) is 9.78 Å². The molecule has 192 valence electrons. The van der Waals surface area contributed by atoms with Crippen molar-refractivity contribution in [3.05, 3.63) is 81.1 Å². The number of rotatable bonds is 8. The van der Waals surface area contributed by atoms with Gasteiger partial charge in [-0.1, -0.05) is 18.2 Å². The monoisotopic (exact) mass is 577 g/mol. The zero-order valence-electron chi connectivity index (χ0n) is 20.2. The van der Waals surface area contributed by atoms with Crippen LogP contribution in [0.15, 0.2) is 79.4 Å². The first-order valence-electron chi connectivity index (χ1n) is 11.2. The SMILES string of the molecule is COc1cc(C=Nn2c(-c3cc4c(OC)cccc4o3)nc3ccccc3c2=O)c(Br)cc1OCC(=O)O. The summed E-state index contributed by atoms with van der Waals surface area (Å²) in [6.07, 6.45) is 1.46. The largest absolute Gasteiger partial charge is 0.496 e. The summed E-state index contributed by atoms with van der Waals surface area (Å²) in [6.45, 7) is -0.528. The smallest absolute Gasteiger partial charge is 0.341 e. The predicted molar refractivity (Wildman–Crippen MR) is 145 cm³/mol. The molecule has 0 bridgehead atoms. The highest BCUT2D eigenvalue weighted by atomic mass is 79.9. The van der Waals surface area contributed by atoms with Crippen molar-refractivity contribution in [3.63, 3.8) is 0 Å². The van der Waals surface area contributed by atoms with E-state index in [1.165, 1.54) is 18.0 Å². The summed E-state index contributed by atoms with van der Waals surface area (Å²) in [4.78, 5) is 29.1. The fourth-order valence-electron chi connectivity index (χ4n) is 3.89. The predicted octanol–water partition coefficient (Wildman–Crippen LogP) is 4.94. The second kappa shape index (κ2) is 10.4. The first-order valence-corrected chi connectivity index (χ1v) is 12.0. The lowest BCUT2D eigenvalue weighted by Gasteiger charge is -2.11. The van der Waals surface area contributed by atoms with Crippen LogP contribution in [-0.2, 0) is 4.79 Å². The van der Waals surface area contributed by atoms with Crippen LogP contribution in [-0.4, -0.2) is 47.8 Å². The van der Waals surface area contributed by atoms with Crippen molar-refractivity contribution < 1.29 is 28.5 Å². The number of carboxylic acids is 1. The highest BCUT2D eigenvalue weighted by Crippen LogP contribution is 2.34. The number of aromatic nitrogens is 2. The second-order valence-electron chi connectivity index (χ2n) is 8.00. The first-order chi connectivity index (χ1) is 18.4. The Labute approximate surface area is 223 Å². The maximum atomic E-state index is 13.5. The minimum absolute atomic E-state index is 0.202. The number of methoxy groups -OCH3 is 2.